The molecule has 5 heteroatoms. The van der Waals surface area contributed by atoms with E-state index in [2.05, 4.69) is 33.8 Å². The molecule has 3 aromatic rings. The maximum absolute atomic E-state index is 12.3. The van der Waals surface area contributed by atoms with Gasteiger partial charge in [0.15, 0.2) is 0 Å². The number of hydrogen-bond donors (Lipinski definition) is 3. The van der Waals surface area contributed by atoms with Crippen LogP contribution in [0.5, 0.6) is 0 Å². The molecule has 142 valence electrons. The molecular weight excluding hydrogens is 358 g/mol. The number of benzene rings is 2. The van der Waals surface area contributed by atoms with Gasteiger partial charge in [-0.2, -0.15) is 0 Å². The van der Waals surface area contributed by atoms with Crippen molar-refractivity contribution in [2.45, 2.75) is 38.8 Å². The van der Waals surface area contributed by atoms with Crippen molar-refractivity contribution in [3.05, 3.63) is 70.9 Å². The van der Waals surface area contributed by atoms with Crippen molar-refractivity contribution in [1.29, 1.82) is 0 Å². The highest BCUT2D eigenvalue weighted by Gasteiger charge is 2.22. The summed E-state index contributed by atoms with van der Waals surface area (Å²) in [5, 5.41) is 8.23. The minimum absolute atomic E-state index is 0.00170. The average molecular weight is 384 g/mol. The summed E-state index contributed by atoms with van der Waals surface area (Å²) in [5.74, 6) is 0.0333. The standard InChI is InChI=1S/C22H26ClN3O/c1-14(2)26-22(27)15(3)24-12-18(16-8-4-6-10-20(16)23)19-13-25-21-11-7-5-9-17(19)21/h4-11,13-15,18,24-25H,12H2,1-3H3,(H,26,27)/t15-,18+/m0/s1. The van der Waals surface area contributed by atoms with Crippen LogP contribution in [-0.2, 0) is 4.79 Å². The number of rotatable bonds is 7. The Kier molecular flexibility index (Phi) is 6.19. The minimum Gasteiger partial charge on any atom is -0.361 e. The fraction of sp³-hybridized carbons (Fsp3) is 0.318. The van der Waals surface area contributed by atoms with E-state index < -0.39 is 0 Å². The van der Waals surface area contributed by atoms with Crippen molar-refractivity contribution < 1.29 is 4.79 Å². The smallest absolute Gasteiger partial charge is 0.237 e. The number of nitrogens with one attached hydrogen (secondary N) is 3. The van der Waals surface area contributed by atoms with Crippen molar-refractivity contribution in [2.24, 2.45) is 0 Å². The monoisotopic (exact) mass is 383 g/mol. The summed E-state index contributed by atoms with van der Waals surface area (Å²) in [7, 11) is 0. The van der Waals surface area contributed by atoms with E-state index in [0.717, 1.165) is 16.1 Å². The topological polar surface area (TPSA) is 56.9 Å². The van der Waals surface area contributed by atoms with Gasteiger partial charge in [-0.25, -0.2) is 0 Å². The summed E-state index contributed by atoms with van der Waals surface area (Å²) in [6.07, 6.45) is 2.04. The zero-order chi connectivity index (χ0) is 19.4. The van der Waals surface area contributed by atoms with Gasteiger partial charge in [-0.05, 0) is 44.0 Å². The summed E-state index contributed by atoms with van der Waals surface area (Å²) < 4.78 is 0. The lowest BCUT2D eigenvalue weighted by atomic mass is 9.90. The summed E-state index contributed by atoms with van der Waals surface area (Å²) in [4.78, 5) is 15.6. The maximum atomic E-state index is 12.3. The first-order valence-corrected chi connectivity index (χ1v) is 9.69. The summed E-state index contributed by atoms with van der Waals surface area (Å²) in [6, 6.07) is 16.0. The second kappa shape index (κ2) is 8.59. The number of H-pyrrole nitrogens is 1. The van der Waals surface area contributed by atoms with Gasteiger partial charge in [0.1, 0.15) is 0 Å². The van der Waals surface area contributed by atoms with E-state index >= 15 is 0 Å². The Morgan fingerprint density at radius 1 is 1.04 bits per heavy atom. The SMILES string of the molecule is CC(C)NC(=O)[C@H](C)NC[C@H](c1ccccc1Cl)c1c[nH]c2ccccc12. The first kappa shape index (κ1) is 19.5. The van der Waals surface area contributed by atoms with Crippen molar-refractivity contribution >= 4 is 28.4 Å². The Morgan fingerprint density at radius 3 is 2.48 bits per heavy atom. The third-order valence-corrected chi connectivity index (χ3v) is 5.07. The molecule has 0 aliphatic heterocycles. The van der Waals surface area contributed by atoms with Crippen LogP contribution in [0, 0.1) is 0 Å². The molecule has 0 saturated heterocycles. The molecule has 0 unspecified atom stereocenters. The van der Waals surface area contributed by atoms with Gasteiger partial charge >= 0.3 is 0 Å². The Hall–Kier alpha value is -2.30. The molecule has 0 fully saturated rings. The van der Waals surface area contributed by atoms with Gasteiger partial charge in [0, 0.05) is 40.6 Å². The van der Waals surface area contributed by atoms with Gasteiger partial charge in [0.05, 0.1) is 6.04 Å². The van der Waals surface area contributed by atoms with E-state index in [1.54, 1.807) is 0 Å². The van der Waals surface area contributed by atoms with E-state index in [9.17, 15) is 4.79 Å². The van der Waals surface area contributed by atoms with Crippen LogP contribution in [0.4, 0.5) is 0 Å². The Morgan fingerprint density at radius 2 is 1.74 bits per heavy atom. The number of aromatic amines is 1. The van der Waals surface area contributed by atoms with E-state index in [1.165, 1.54) is 10.9 Å². The van der Waals surface area contributed by atoms with Crippen LogP contribution in [0.2, 0.25) is 5.02 Å². The van der Waals surface area contributed by atoms with Crippen LogP contribution in [-0.4, -0.2) is 29.5 Å². The molecule has 3 N–H and O–H groups in total. The lowest BCUT2D eigenvalue weighted by Gasteiger charge is -2.22. The zero-order valence-electron chi connectivity index (χ0n) is 15.9. The predicted octanol–water partition coefficient (Wildman–Crippen LogP) is 4.46. The Labute approximate surface area is 165 Å². The largest absolute Gasteiger partial charge is 0.361 e. The number of amides is 1. The molecule has 1 aromatic heterocycles. The van der Waals surface area contributed by atoms with Crippen LogP contribution < -0.4 is 10.6 Å². The Bertz CT molecular complexity index is 919. The number of fused-ring (bicyclic) bond motifs is 1. The lowest BCUT2D eigenvalue weighted by Crippen LogP contribution is -2.45. The number of para-hydroxylation sites is 1. The number of carbonyl (C=O) groups excluding carboxylic acids is 1. The minimum atomic E-state index is -0.289. The van der Waals surface area contributed by atoms with E-state index in [1.807, 2.05) is 57.3 Å². The van der Waals surface area contributed by atoms with Gasteiger partial charge < -0.3 is 15.6 Å². The highest BCUT2D eigenvalue weighted by Crippen LogP contribution is 2.34. The summed E-state index contributed by atoms with van der Waals surface area (Å²) >= 11 is 6.52. The highest BCUT2D eigenvalue weighted by atomic mass is 35.5. The fourth-order valence-corrected chi connectivity index (χ4v) is 3.59. The molecule has 0 aliphatic rings. The van der Waals surface area contributed by atoms with E-state index in [4.69, 9.17) is 11.6 Å². The number of aromatic nitrogens is 1. The molecule has 3 rings (SSSR count). The summed E-state index contributed by atoms with van der Waals surface area (Å²) in [5.41, 5.74) is 3.31. The molecule has 0 radical (unpaired) electrons. The first-order chi connectivity index (χ1) is 13.0. The Balaban J connectivity index is 1.90. The fourth-order valence-electron chi connectivity index (χ4n) is 3.32. The molecule has 2 atom stereocenters. The second-order valence-electron chi connectivity index (χ2n) is 7.16. The molecule has 0 spiro atoms. The van der Waals surface area contributed by atoms with Gasteiger partial charge in [-0.1, -0.05) is 48.0 Å². The quantitative estimate of drug-likeness (QED) is 0.564. The van der Waals surface area contributed by atoms with Crippen molar-refractivity contribution in [3.8, 4) is 0 Å². The normalized spacial score (nSPS) is 13.7. The van der Waals surface area contributed by atoms with Gasteiger partial charge in [-0.3, -0.25) is 4.79 Å². The molecule has 0 bridgehead atoms. The average Bonchev–Trinajstić information content (AvgIpc) is 3.06. The third-order valence-electron chi connectivity index (χ3n) is 4.73. The molecule has 0 saturated carbocycles. The van der Waals surface area contributed by atoms with Gasteiger partial charge in [0.25, 0.3) is 0 Å². The number of hydrogen-bond acceptors (Lipinski definition) is 2. The number of carbonyl (C=O) groups is 1. The van der Waals surface area contributed by atoms with Crippen molar-refractivity contribution in [1.82, 2.24) is 15.6 Å². The molecule has 2 aromatic carbocycles. The third kappa shape index (κ3) is 4.52. The molecule has 1 amide bonds. The second-order valence-corrected chi connectivity index (χ2v) is 7.56. The predicted molar refractivity (Wildman–Crippen MR) is 112 cm³/mol. The highest BCUT2D eigenvalue weighted by molar-refractivity contribution is 6.31. The molecular formula is C22H26ClN3O. The van der Waals surface area contributed by atoms with Crippen LogP contribution in [0.15, 0.2) is 54.7 Å². The molecule has 1 heterocycles. The van der Waals surface area contributed by atoms with Crippen molar-refractivity contribution in [2.75, 3.05) is 6.54 Å². The van der Waals surface area contributed by atoms with E-state index in [0.29, 0.717) is 6.54 Å². The van der Waals surface area contributed by atoms with Gasteiger partial charge in [0.2, 0.25) is 5.91 Å². The van der Waals surface area contributed by atoms with E-state index in [-0.39, 0.29) is 23.9 Å². The maximum Gasteiger partial charge on any atom is 0.237 e. The van der Waals surface area contributed by atoms with Crippen LogP contribution in [0.1, 0.15) is 37.8 Å². The van der Waals surface area contributed by atoms with Crippen molar-refractivity contribution in [3.63, 3.8) is 0 Å². The molecule has 0 aliphatic carbocycles. The van der Waals surface area contributed by atoms with Gasteiger partial charge in [-0.15, -0.1) is 0 Å². The number of halogens is 1. The van der Waals surface area contributed by atoms with Crippen LogP contribution >= 0.6 is 11.6 Å². The first-order valence-electron chi connectivity index (χ1n) is 9.31. The zero-order valence-corrected chi connectivity index (χ0v) is 16.7. The lowest BCUT2D eigenvalue weighted by molar-refractivity contribution is -0.123. The van der Waals surface area contributed by atoms with Crippen LogP contribution in [0.3, 0.4) is 0 Å². The summed E-state index contributed by atoms with van der Waals surface area (Å²) in [6.45, 7) is 6.42. The molecule has 27 heavy (non-hydrogen) atoms. The van der Waals surface area contributed by atoms with Crippen LogP contribution in [0.25, 0.3) is 10.9 Å². The molecule has 4 nitrogen and oxygen atoms in total.